The van der Waals surface area contributed by atoms with Gasteiger partial charge < -0.3 is 14.4 Å². The molecule has 1 aliphatic rings. The Morgan fingerprint density at radius 2 is 1.71 bits per heavy atom. The standard InChI is InChI=1S/C22H26N6O3/c1-17(31-20-6-4-3-5-7-20)22(29)27-14-12-26(13-15-27)16-21-23-24-25-28(21)18-8-10-19(30-2)11-9-18/h3-11,17H,12-16H2,1-2H3/t17-/m0/s1. The topological polar surface area (TPSA) is 85.6 Å². The zero-order valence-electron chi connectivity index (χ0n) is 17.7. The number of nitrogens with zero attached hydrogens (tertiary/aromatic N) is 6. The maximum atomic E-state index is 12.8. The highest BCUT2D eigenvalue weighted by atomic mass is 16.5. The summed E-state index contributed by atoms with van der Waals surface area (Å²) in [5.41, 5.74) is 0.876. The lowest BCUT2D eigenvalue weighted by molar-refractivity contribution is -0.139. The van der Waals surface area contributed by atoms with Crippen LogP contribution in [0.5, 0.6) is 11.5 Å². The summed E-state index contributed by atoms with van der Waals surface area (Å²) >= 11 is 0. The van der Waals surface area contributed by atoms with Crippen molar-refractivity contribution < 1.29 is 14.3 Å². The van der Waals surface area contributed by atoms with E-state index in [2.05, 4.69) is 20.4 Å². The molecule has 4 rings (SSSR count). The average Bonchev–Trinajstić information content (AvgIpc) is 3.28. The molecule has 2 heterocycles. The number of hydrogen-bond donors (Lipinski definition) is 0. The fourth-order valence-corrected chi connectivity index (χ4v) is 3.57. The van der Waals surface area contributed by atoms with Crippen LogP contribution in [0.4, 0.5) is 0 Å². The molecule has 0 saturated carbocycles. The molecule has 0 aliphatic carbocycles. The number of aromatic nitrogens is 4. The van der Waals surface area contributed by atoms with Gasteiger partial charge in [-0.2, -0.15) is 4.68 Å². The number of rotatable bonds is 7. The monoisotopic (exact) mass is 422 g/mol. The van der Waals surface area contributed by atoms with Crippen molar-refractivity contribution in [3.63, 3.8) is 0 Å². The van der Waals surface area contributed by atoms with Gasteiger partial charge in [-0.1, -0.05) is 18.2 Å². The molecular formula is C22H26N6O3. The van der Waals surface area contributed by atoms with Crippen molar-refractivity contribution >= 4 is 5.91 Å². The van der Waals surface area contributed by atoms with E-state index >= 15 is 0 Å². The molecule has 31 heavy (non-hydrogen) atoms. The van der Waals surface area contributed by atoms with Crippen LogP contribution in [0.1, 0.15) is 12.7 Å². The van der Waals surface area contributed by atoms with E-state index in [0.29, 0.717) is 25.4 Å². The van der Waals surface area contributed by atoms with Gasteiger partial charge in [0.05, 0.1) is 19.3 Å². The molecule has 0 spiro atoms. The smallest absolute Gasteiger partial charge is 0.263 e. The summed E-state index contributed by atoms with van der Waals surface area (Å²) in [6.45, 7) is 5.19. The van der Waals surface area contributed by atoms with E-state index in [9.17, 15) is 4.79 Å². The fraction of sp³-hybridized carbons (Fsp3) is 0.364. The minimum absolute atomic E-state index is 0.00608. The SMILES string of the molecule is COc1ccc(-n2nnnc2CN2CCN(C(=O)[C@H](C)Oc3ccccc3)CC2)cc1. The van der Waals surface area contributed by atoms with Gasteiger partial charge in [-0.05, 0) is 53.7 Å². The first kappa shape index (κ1) is 20.8. The van der Waals surface area contributed by atoms with Gasteiger partial charge in [0.2, 0.25) is 0 Å². The van der Waals surface area contributed by atoms with Crippen molar-refractivity contribution in [3.8, 4) is 17.2 Å². The Hall–Kier alpha value is -3.46. The number of ether oxygens (including phenoxy) is 2. The highest BCUT2D eigenvalue weighted by Crippen LogP contribution is 2.17. The van der Waals surface area contributed by atoms with Crippen LogP contribution in [0.15, 0.2) is 54.6 Å². The van der Waals surface area contributed by atoms with Crippen molar-refractivity contribution in [1.82, 2.24) is 30.0 Å². The van der Waals surface area contributed by atoms with Gasteiger partial charge in [0, 0.05) is 26.2 Å². The number of piperazine rings is 1. The van der Waals surface area contributed by atoms with Crippen molar-refractivity contribution in [2.24, 2.45) is 0 Å². The lowest BCUT2D eigenvalue weighted by Gasteiger charge is -2.35. The van der Waals surface area contributed by atoms with Crippen molar-refractivity contribution in [1.29, 1.82) is 0 Å². The van der Waals surface area contributed by atoms with Crippen LogP contribution in [0, 0.1) is 0 Å². The summed E-state index contributed by atoms with van der Waals surface area (Å²) in [4.78, 5) is 16.9. The third-order valence-corrected chi connectivity index (χ3v) is 5.30. The Bertz CT molecular complexity index is 984. The molecule has 0 unspecified atom stereocenters. The second-order valence-corrected chi connectivity index (χ2v) is 7.38. The highest BCUT2D eigenvalue weighted by Gasteiger charge is 2.27. The van der Waals surface area contributed by atoms with Gasteiger partial charge in [-0.25, -0.2) is 0 Å². The molecule has 0 bridgehead atoms. The summed E-state index contributed by atoms with van der Waals surface area (Å²) < 4.78 is 12.7. The van der Waals surface area contributed by atoms with E-state index in [-0.39, 0.29) is 5.91 Å². The summed E-state index contributed by atoms with van der Waals surface area (Å²) in [6, 6.07) is 17.0. The summed E-state index contributed by atoms with van der Waals surface area (Å²) in [5, 5.41) is 12.1. The molecule has 1 amide bonds. The van der Waals surface area contributed by atoms with Crippen LogP contribution in [0.25, 0.3) is 5.69 Å². The van der Waals surface area contributed by atoms with Crippen molar-refractivity contribution in [2.45, 2.75) is 19.6 Å². The Balaban J connectivity index is 1.31. The summed E-state index contributed by atoms with van der Waals surface area (Å²) in [7, 11) is 1.64. The number of methoxy groups -OCH3 is 1. The van der Waals surface area contributed by atoms with E-state index in [4.69, 9.17) is 9.47 Å². The number of carbonyl (C=O) groups excluding carboxylic acids is 1. The highest BCUT2D eigenvalue weighted by molar-refractivity contribution is 5.81. The Morgan fingerprint density at radius 1 is 1.00 bits per heavy atom. The van der Waals surface area contributed by atoms with E-state index in [1.807, 2.05) is 59.5 Å². The Kier molecular flexibility index (Phi) is 6.42. The molecule has 1 saturated heterocycles. The second-order valence-electron chi connectivity index (χ2n) is 7.38. The first-order valence-electron chi connectivity index (χ1n) is 10.3. The quantitative estimate of drug-likeness (QED) is 0.574. The molecule has 1 aromatic heterocycles. The Labute approximate surface area is 181 Å². The first-order valence-corrected chi connectivity index (χ1v) is 10.3. The molecule has 162 valence electrons. The number of amides is 1. The van der Waals surface area contributed by atoms with Gasteiger partial charge in [0.1, 0.15) is 11.5 Å². The molecule has 0 N–H and O–H groups in total. The molecule has 1 aliphatic heterocycles. The van der Waals surface area contributed by atoms with Gasteiger partial charge >= 0.3 is 0 Å². The maximum absolute atomic E-state index is 12.8. The van der Waals surface area contributed by atoms with Crippen molar-refractivity contribution in [2.75, 3.05) is 33.3 Å². The molecule has 2 aromatic carbocycles. The fourth-order valence-electron chi connectivity index (χ4n) is 3.57. The molecule has 9 nitrogen and oxygen atoms in total. The van der Waals surface area contributed by atoms with Crippen LogP contribution in [0.2, 0.25) is 0 Å². The Morgan fingerprint density at radius 3 is 2.39 bits per heavy atom. The second kappa shape index (κ2) is 9.57. The predicted octanol–water partition coefficient (Wildman–Crippen LogP) is 1.78. The molecule has 1 atom stereocenters. The van der Waals surface area contributed by atoms with Crippen LogP contribution >= 0.6 is 0 Å². The molecule has 9 heteroatoms. The molecule has 3 aromatic rings. The van der Waals surface area contributed by atoms with Gasteiger partial charge in [-0.15, -0.1) is 5.10 Å². The predicted molar refractivity (Wildman–Crippen MR) is 114 cm³/mol. The third-order valence-electron chi connectivity index (χ3n) is 5.30. The summed E-state index contributed by atoms with van der Waals surface area (Å²) in [5.74, 6) is 2.24. The number of hydrogen-bond acceptors (Lipinski definition) is 7. The average molecular weight is 422 g/mol. The van der Waals surface area contributed by atoms with E-state index < -0.39 is 6.10 Å². The number of tetrazole rings is 1. The van der Waals surface area contributed by atoms with Gasteiger partial charge in [0.25, 0.3) is 5.91 Å². The number of carbonyl (C=O) groups is 1. The molecule has 0 radical (unpaired) electrons. The zero-order valence-corrected chi connectivity index (χ0v) is 17.7. The number of benzene rings is 2. The first-order chi connectivity index (χ1) is 15.1. The van der Waals surface area contributed by atoms with Crippen molar-refractivity contribution in [3.05, 3.63) is 60.4 Å². The zero-order chi connectivity index (χ0) is 21.6. The van der Waals surface area contributed by atoms with Crippen LogP contribution in [-0.4, -0.2) is 75.3 Å². The lowest BCUT2D eigenvalue weighted by atomic mass is 10.2. The van der Waals surface area contributed by atoms with E-state index in [1.54, 1.807) is 18.7 Å². The summed E-state index contributed by atoms with van der Waals surface area (Å²) in [6.07, 6.45) is -0.517. The van der Waals surface area contributed by atoms with Crippen LogP contribution < -0.4 is 9.47 Å². The van der Waals surface area contributed by atoms with Crippen LogP contribution in [0.3, 0.4) is 0 Å². The van der Waals surface area contributed by atoms with E-state index in [0.717, 1.165) is 30.4 Å². The van der Waals surface area contributed by atoms with Gasteiger partial charge in [-0.3, -0.25) is 9.69 Å². The van der Waals surface area contributed by atoms with Gasteiger partial charge in [0.15, 0.2) is 11.9 Å². The minimum Gasteiger partial charge on any atom is -0.497 e. The minimum atomic E-state index is -0.517. The van der Waals surface area contributed by atoms with E-state index in [1.165, 1.54) is 0 Å². The lowest BCUT2D eigenvalue weighted by Crippen LogP contribution is -2.51. The largest absolute Gasteiger partial charge is 0.497 e. The third kappa shape index (κ3) is 5.00. The molecule has 1 fully saturated rings. The maximum Gasteiger partial charge on any atom is 0.263 e. The normalized spacial score (nSPS) is 15.5. The van der Waals surface area contributed by atoms with Crippen LogP contribution in [-0.2, 0) is 11.3 Å². The number of para-hydroxylation sites is 1. The molecular weight excluding hydrogens is 396 g/mol.